The zero-order valence-corrected chi connectivity index (χ0v) is 9.82. The van der Waals surface area contributed by atoms with E-state index in [1.54, 1.807) is 11.6 Å². The molecular weight excluding hydrogens is 265 g/mol. The average Bonchev–Trinajstić information content (AvgIpc) is 2.14. The summed E-state index contributed by atoms with van der Waals surface area (Å²) >= 11 is 0. The molecule has 0 radical (unpaired) electrons. The number of hydrogen-bond donors (Lipinski definition) is 2. The van der Waals surface area contributed by atoms with Gasteiger partial charge in [-0.3, -0.25) is 4.79 Å². The lowest BCUT2D eigenvalue weighted by atomic mass is 10.4. The Balaban J connectivity index is 3.91. The Morgan fingerprint density at radius 3 is 2.35 bits per heavy atom. The number of esters is 1. The topological polar surface area (TPSA) is 84.5 Å². The first-order chi connectivity index (χ1) is 7.66. The summed E-state index contributed by atoms with van der Waals surface area (Å²) in [7, 11) is -4.25. The van der Waals surface area contributed by atoms with Gasteiger partial charge in [-0.1, -0.05) is 0 Å². The molecule has 0 unspecified atom stereocenters. The van der Waals surface area contributed by atoms with Crippen molar-refractivity contribution in [2.45, 2.75) is 19.5 Å². The van der Waals surface area contributed by atoms with Gasteiger partial charge in [-0.15, -0.1) is 0 Å². The maximum atomic E-state index is 11.7. The van der Waals surface area contributed by atoms with Crippen molar-refractivity contribution in [1.29, 1.82) is 0 Å². The van der Waals surface area contributed by atoms with Gasteiger partial charge in [0, 0.05) is 6.54 Å². The van der Waals surface area contributed by atoms with Gasteiger partial charge in [0.25, 0.3) is 10.2 Å². The van der Waals surface area contributed by atoms with Crippen LogP contribution in [0.25, 0.3) is 0 Å². The van der Waals surface area contributed by atoms with E-state index >= 15 is 0 Å². The fourth-order valence-corrected chi connectivity index (χ4v) is 1.58. The summed E-state index contributed by atoms with van der Waals surface area (Å²) in [5.41, 5.74) is 0. The Morgan fingerprint density at radius 2 is 1.88 bits per heavy atom. The summed E-state index contributed by atoms with van der Waals surface area (Å²) in [5.74, 6) is -0.633. The van der Waals surface area contributed by atoms with Crippen LogP contribution in [0.1, 0.15) is 13.3 Å². The van der Waals surface area contributed by atoms with Crippen LogP contribution in [0.3, 0.4) is 0 Å². The minimum atomic E-state index is -4.63. The van der Waals surface area contributed by atoms with Crippen molar-refractivity contribution in [2.75, 3.05) is 19.7 Å². The highest BCUT2D eigenvalue weighted by atomic mass is 32.2. The molecular formula is C7H13F3N2O4S. The van der Waals surface area contributed by atoms with Gasteiger partial charge in [0.1, 0.15) is 6.54 Å². The molecule has 0 saturated carbocycles. The van der Waals surface area contributed by atoms with Crippen LogP contribution >= 0.6 is 0 Å². The van der Waals surface area contributed by atoms with Crippen LogP contribution in [0.15, 0.2) is 0 Å². The fraction of sp³-hybridized carbons (Fsp3) is 0.857. The van der Waals surface area contributed by atoms with Crippen LogP contribution in [0.4, 0.5) is 13.2 Å². The van der Waals surface area contributed by atoms with Gasteiger partial charge in [-0.05, 0) is 6.92 Å². The third-order valence-electron chi connectivity index (χ3n) is 1.39. The smallest absolute Gasteiger partial charge is 0.402 e. The van der Waals surface area contributed by atoms with E-state index in [4.69, 9.17) is 0 Å². The van der Waals surface area contributed by atoms with Crippen LogP contribution < -0.4 is 9.44 Å². The number of halogens is 3. The number of alkyl halides is 3. The first-order valence-corrected chi connectivity index (χ1v) is 6.11. The molecule has 2 N–H and O–H groups in total. The molecule has 17 heavy (non-hydrogen) atoms. The third kappa shape index (κ3) is 10.0. The quantitative estimate of drug-likeness (QED) is 0.638. The highest BCUT2D eigenvalue weighted by molar-refractivity contribution is 7.87. The van der Waals surface area contributed by atoms with Crippen LogP contribution in [-0.2, 0) is 19.7 Å². The molecule has 102 valence electrons. The molecule has 0 rings (SSSR count). The van der Waals surface area contributed by atoms with E-state index in [9.17, 15) is 26.4 Å². The monoisotopic (exact) mass is 278 g/mol. The zero-order chi connectivity index (χ0) is 13.5. The van der Waals surface area contributed by atoms with Crippen molar-refractivity contribution in [1.82, 2.24) is 9.44 Å². The van der Waals surface area contributed by atoms with Crippen molar-refractivity contribution in [2.24, 2.45) is 0 Å². The van der Waals surface area contributed by atoms with Crippen LogP contribution in [0.5, 0.6) is 0 Å². The summed E-state index contributed by atoms with van der Waals surface area (Å²) < 4.78 is 64.6. The lowest BCUT2D eigenvalue weighted by Gasteiger charge is -2.09. The van der Waals surface area contributed by atoms with Crippen molar-refractivity contribution < 1.29 is 31.1 Å². The van der Waals surface area contributed by atoms with Gasteiger partial charge in [0.2, 0.25) is 0 Å². The predicted molar refractivity (Wildman–Crippen MR) is 52.2 cm³/mol. The van der Waals surface area contributed by atoms with Crippen LogP contribution in [0.2, 0.25) is 0 Å². The number of ether oxygens (including phenoxy) is 1. The molecule has 0 atom stereocenters. The fourth-order valence-electron chi connectivity index (χ4n) is 0.748. The van der Waals surface area contributed by atoms with Crippen molar-refractivity contribution in [3.05, 3.63) is 0 Å². The lowest BCUT2D eigenvalue weighted by Crippen LogP contribution is -2.42. The van der Waals surface area contributed by atoms with Crippen LogP contribution in [-0.4, -0.2) is 40.3 Å². The molecule has 0 aliphatic heterocycles. The molecule has 0 amide bonds. The molecule has 0 aromatic carbocycles. The number of carbonyl (C=O) groups is 1. The van der Waals surface area contributed by atoms with Crippen molar-refractivity contribution in [3.8, 4) is 0 Å². The standard InChI is InChI=1S/C7H13F3N2O4S/c1-2-16-6(13)3-4-11-17(14,15)12-5-7(8,9)10/h11-12H,2-5H2,1H3. The second kappa shape index (κ2) is 6.77. The molecule has 0 aromatic heterocycles. The molecule has 0 bridgehead atoms. The predicted octanol–water partition coefficient (Wildman–Crippen LogP) is -0.0741. The minimum absolute atomic E-state index is 0.151. The van der Waals surface area contributed by atoms with E-state index in [-0.39, 0.29) is 19.6 Å². The Labute approximate surface area is 96.7 Å². The molecule has 0 aliphatic rings. The molecule has 0 fully saturated rings. The summed E-state index contributed by atoms with van der Waals surface area (Å²) in [6.07, 6.45) is -4.88. The lowest BCUT2D eigenvalue weighted by molar-refractivity contribution is -0.142. The Hall–Kier alpha value is -0.870. The Bertz CT molecular complexity index is 342. The normalized spacial score (nSPS) is 12.5. The van der Waals surface area contributed by atoms with E-state index in [0.29, 0.717) is 0 Å². The average molecular weight is 278 g/mol. The highest BCUT2D eigenvalue weighted by Gasteiger charge is 2.29. The molecule has 10 heteroatoms. The summed E-state index contributed by atoms with van der Waals surface area (Å²) in [6, 6.07) is 0. The van der Waals surface area contributed by atoms with Crippen LogP contribution in [0, 0.1) is 0 Å². The first-order valence-electron chi connectivity index (χ1n) is 4.63. The summed E-state index contributed by atoms with van der Waals surface area (Å²) in [6.45, 7) is -0.265. The third-order valence-corrected chi connectivity index (χ3v) is 2.50. The second-order valence-electron chi connectivity index (χ2n) is 2.89. The minimum Gasteiger partial charge on any atom is -0.466 e. The van der Waals surface area contributed by atoms with Gasteiger partial charge in [0.15, 0.2) is 0 Å². The van der Waals surface area contributed by atoms with Crippen molar-refractivity contribution in [3.63, 3.8) is 0 Å². The maximum Gasteiger partial charge on any atom is 0.402 e. The van der Waals surface area contributed by atoms with Gasteiger partial charge in [-0.2, -0.15) is 26.3 Å². The van der Waals surface area contributed by atoms with E-state index < -0.39 is 28.9 Å². The zero-order valence-electron chi connectivity index (χ0n) is 9.00. The van der Waals surface area contributed by atoms with Gasteiger partial charge in [0.05, 0.1) is 13.0 Å². The number of hydrogen-bond acceptors (Lipinski definition) is 4. The SMILES string of the molecule is CCOC(=O)CCNS(=O)(=O)NCC(F)(F)F. The summed E-state index contributed by atoms with van der Waals surface area (Å²) in [5, 5.41) is 0. The second-order valence-corrected chi connectivity index (χ2v) is 4.47. The van der Waals surface area contributed by atoms with E-state index in [1.165, 1.54) is 4.72 Å². The van der Waals surface area contributed by atoms with Crippen molar-refractivity contribution >= 4 is 16.2 Å². The maximum absolute atomic E-state index is 11.7. The molecule has 0 saturated heterocycles. The highest BCUT2D eigenvalue weighted by Crippen LogP contribution is 2.12. The summed E-state index contributed by atoms with van der Waals surface area (Å²) in [4.78, 5) is 10.8. The number of nitrogens with one attached hydrogen (secondary N) is 2. The molecule has 6 nitrogen and oxygen atoms in total. The van der Waals surface area contributed by atoms with Gasteiger partial charge in [-0.25, -0.2) is 4.72 Å². The van der Waals surface area contributed by atoms with Gasteiger partial charge >= 0.3 is 12.1 Å². The molecule has 0 aliphatic carbocycles. The van der Waals surface area contributed by atoms with E-state index in [0.717, 1.165) is 0 Å². The molecule has 0 spiro atoms. The molecule has 0 aromatic rings. The molecule has 0 heterocycles. The number of rotatable bonds is 7. The first kappa shape index (κ1) is 16.1. The van der Waals surface area contributed by atoms with E-state index in [1.807, 2.05) is 0 Å². The Kier molecular flexibility index (Phi) is 6.42. The van der Waals surface area contributed by atoms with Gasteiger partial charge < -0.3 is 4.74 Å². The Morgan fingerprint density at radius 1 is 1.29 bits per heavy atom. The largest absolute Gasteiger partial charge is 0.466 e. The van der Waals surface area contributed by atoms with E-state index in [2.05, 4.69) is 4.74 Å². The number of carbonyl (C=O) groups excluding carboxylic acids is 1.